The van der Waals surface area contributed by atoms with Gasteiger partial charge in [0.1, 0.15) is 0 Å². The predicted octanol–water partition coefficient (Wildman–Crippen LogP) is 3.30. The number of likely N-dealkylation sites (N-methyl/N-ethyl adjacent to an activating group) is 1. The fraction of sp³-hybridized carbons (Fsp3) is 0.409. The second-order valence-electron chi connectivity index (χ2n) is 6.73. The van der Waals surface area contributed by atoms with E-state index in [2.05, 4.69) is 58.9 Å². The van der Waals surface area contributed by atoms with Crippen LogP contribution in [0.15, 0.2) is 47.5 Å². The van der Waals surface area contributed by atoms with Crippen molar-refractivity contribution in [1.82, 2.24) is 15.5 Å². The number of hydrogen-bond donors (Lipinski definition) is 2. The molecule has 0 radical (unpaired) electrons. The summed E-state index contributed by atoms with van der Waals surface area (Å²) >= 11 is 0. The average molecular weight is 528 g/mol. The van der Waals surface area contributed by atoms with Gasteiger partial charge in [-0.1, -0.05) is 30.3 Å². The minimum absolute atomic E-state index is 0. The van der Waals surface area contributed by atoms with Crippen LogP contribution in [0.4, 0.5) is 0 Å². The fourth-order valence-corrected chi connectivity index (χ4v) is 3.11. The molecule has 1 atom stereocenters. The lowest BCUT2D eigenvalue weighted by molar-refractivity contribution is 0.298. The van der Waals surface area contributed by atoms with E-state index in [-0.39, 0.29) is 30.0 Å². The van der Waals surface area contributed by atoms with Crippen LogP contribution in [0, 0.1) is 0 Å². The van der Waals surface area contributed by atoms with Crippen molar-refractivity contribution in [3.05, 3.63) is 53.6 Å². The van der Waals surface area contributed by atoms with Crippen LogP contribution in [0.3, 0.4) is 0 Å². The highest BCUT2D eigenvalue weighted by Crippen LogP contribution is 2.38. The van der Waals surface area contributed by atoms with E-state index in [1.165, 1.54) is 5.56 Å². The van der Waals surface area contributed by atoms with Gasteiger partial charge in [-0.15, -0.1) is 24.0 Å². The molecule has 0 spiro atoms. The normalized spacial score (nSPS) is 12.0. The van der Waals surface area contributed by atoms with E-state index in [1.54, 1.807) is 28.4 Å². The Morgan fingerprint density at radius 3 is 2.03 bits per heavy atom. The van der Waals surface area contributed by atoms with Gasteiger partial charge >= 0.3 is 0 Å². The van der Waals surface area contributed by atoms with Gasteiger partial charge in [0.15, 0.2) is 17.5 Å². The van der Waals surface area contributed by atoms with E-state index in [4.69, 9.17) is 14.2 Å². The van der Waals surface area contributed by atoms with Gasteiger partial charge in [0, 0.05) is 20.1 Å². The lowest BCUT2D eigenvalue weighted by atomic mass is 10.1. The number of halogens is 1. The van der Waals surface area contributed by atoms with Crippen molar-refractivity contribution in [3.63, 3.8) is 0 Å². The smallest absolute Gasteiger partial charge is 0.203 e. The first-order chi connectivity index (χ1) is 14.0. The zero-order valence-electron chi connectivity index (χ0n) is 18.6. The third-order valence-corrected chi connectivity index (χ3v) is 4.68. The van der Waals surface area contributed by atoms with E-state index in [1.807, 2.05) is 18.2 Å². The first-order valence-electron chi connectivity index (χ1n) is 9.48. The predicted molar refractivity (Wildman–Crippen MR) is 133 cm³/mol. The van der Waals surface area contributed by atoms with Crippen molar-refractivity contribution < 1.29 is 14.2 Å². The SMILES string of the molecule is CN=C(NCc1cc(OC)c(OC)c(OC)c1)NCC(c1ccccc1)N(C)C.I. The first-order valence-corrected chi connectivity index (χ1v) is 9.48. The molecule has 2 rings (SSSR count). The molecular formula is C22H33IN4O3. The standard InChI is InChI=1S/C22H32N4O3.HI/c1-23-22(25-15-18(26(2)3)17-10-8-7-9-11-17)24-14-16-12-19(27-4)21(29-6)20(13-16)28-5;/h7-13,18H,14-15H2,1-6H3,(H2,23,24,25);1H. The number of hydrogen-bond acceptors (Lipinski definition) is 5. The van der Waals surface area contributed by atoms with Crippen molar-refractivity contribution in [1.29, 1.82) is 0 Å². The molecule has 0 fully saturated rings. The number of benzene rings is 2. The minimum Gasteiger partial charge on any atom is -0.493 e. The molecule has 2 aromatic carbocycles. The molecule has 8 heteroatoms. The number of guanidine groups is 1. The Labute approximate surface area is 196 Å². The van der Waals surface area contributed by atoms with Crippen molar-refractivity contribution in [2.24, 2.45) is 4.99 Å². The molecule has 30 heavy (non-hydrogen) atoms. The molecule has 0 aliphatic heterocycles. The molecule has 2 N–H and O–H groups in total. The molecule has 7 nitrogen and oxygen atoms in total. The van der Waals surface area contributed by atoms with Crippen LogP contribution >= 0.6 is 24.0 Å². The topological polar surface area (TPSA) is 67.4 Å². The third kappa shape index (κ3) is 6.94. The van der Waals surface area contributed by atoms with Crippen molar-refractivity contribution in [2.75, 3.05) is 49.0 Å². The number of rotatable bonds is 9. The Hall–Kier alpha value is -2.20. The van der Waals surface area contributed by atoms with Gasteiger partial charge < -0.3 is 29.7 Å². The maximum atomic E-state index is 5.42. The van der Waals surface area contributed by atoms with Gasteiger partial charge in [-0.25, -0.2) is 0 Å². The molecule has 0 saturated carbocycles. The van der Waals surface area contributed by atoms with Gasteiger partial charge in [0.25, 0.3) is 0 Å². The van der Waals surface area contributed by atoms with Crippen molar-refractivity contribution in [2.45, 2.75) is 12.6 Å². The quantitative estimate of drug-likeness (QED) is 0.296. The summed E-state index contributed by atoms with van der Waals surface area (Å²) in [6.45, 7) is 1.29. The number of aliphatic imine (C=N–C) groups is 1. The summed E-state index contributed by atoms with van der Waals surface area (Å²) in [7, 11) is 10.7. The Bertz CT molecular complexity index is 775. The Balaban J connectivity index is 0.00000450. The molecule has 0 bridgehead atoms. The molecule has 0 aliphatic rings. The highest BCUT2D eigenvalue weighted by atomic mass is 127. The molecule has 2 aromatic rings. The van der Waals surface area contributed by atoms with Gasteiger partial charge in [-0.05, 0) is 37.4 Å². The Kier molecular flexibility index (Phi) is 11.3. The minimum atomic E-state index is 0. The lowest BCUT2D eigenvalue weighted by Gasteiger charge is -2.26. The summed E-state index contributed by atoms with van der Waals surface area (Å²) in [6.07, 6.45) is 0. The summed E-state index contributed by atoms with van der Waals surface area (Å²) < 4.78 is 16.2. The van der Waals surface area contributed by atoms with Crippen LogP contribution in [-0.2, 0) is 6.54 Å². The van der Waals surface area contributed by atoms with Gasteiger partial charge in [0.2, 0.25) is 5.75 Å². The van der Waals surface area contributed by atoms with Crippen LogP contribution in [0.5, 0.6) is 17.2 Å². The van der Waals surface area contributed by atoms with E-state index >= 15 is 0 Å². The lowest BCUT2D eigenvalue weighted by Crippen LogP contribution is -2.41. The first kappa shape index (κ1) is 25.8. The van der Waals surface area contributed by atoms with Gasteiger partial charge in [-0.3, -0.25) is 4.99 Å². The zero-order chi connectivity index (χ0) is 21.2. The van der Waals surface area contributed by atoms with Crippen LogP contribution in [0.1, 0.15) is 17.2 Å². The van der Waals surface area contributed by atoms with E-state index in [0.29, 0.717) is 23.8 Å². The molecule has 0 heterocycles. The highest BCUT2D eigenvalue weighted by molar-refractivity contribution is 14.0. The van der Waals surface area contributed by atoms with E-state index < -0.39 is 0 Å². The second-order valence-corrected chi connectivity index (χ2v) is 6.73. The number of nitrogens with one attached hydrogen (secondary N) is 2. The maximum absolute atomic E-state index is 5.42. The highest BCUT2D eigenvalue weighted by Gasteiger charge is 2.15. The van der Waals surface area contributed by atoms with E-state index in [0.717, 1.165) is 18.1 Å². The zero-order valence-corrected chi connectivity index (χ0v) is 20.9. The monoisotopic (exact) mass is 528 g/mol. The summed E-state index contributed by atoms with van der Waals surface area (Å²) in [4.78, 5) is 6.52. The summed E-state index contributed by atoms with van der Waals surface area (Å²) in [5.74, 6) is 2.56. The van der Waals surface area contributed by atoms with Crippen LogP contribution < -0.4 is 24.8 Å². The molecular weight excluding hydrogens is 495 g/mol. The third-order valence-electron chi connectivity index (χ3n) is 4.68. The molecule has 0 saturated heterocycles. The number of ether oxygens (including phenoxy) is 3. The Morgan fingerprint density at radius 1 is 0.967 bits per heavy atom. The molecule has 166 valence electrons. The van der Waals surface area contributed by atoms with Crippen LogP contribution in [0.25, 0.3) is 0 Å². The maximum Gasteiger partial charge on any atom is 0.203 e. The summed E-state index contributed by atoms with van der Waals surface area (Å²) in [5.41, 5.74) is 2.25. The summed E-state index contributed by atoms with van der Waals surface area (Å²) in [5, 5.41) is 6.75. The number of nitrogens with zero attached hydrogens (tertiary/aromatic N) is 2. The van der Waals surface area contributed by atoms with Gasteiger partial charge in [-0.2, -0.15) is 0 Å². The van der Waals surface area contributed by atoms with Crippen molar-refractivity contribution >= 4 is 29.9 Å². The van der Waals surface area contributed by atoms with Crippen LogP contribution in [0.2, 0.25) is 0 Å². The Morgan fingerprint density at radius 2 is 1.57 bits per heavy atom. The molecule has 0 aliphatic carbocycles. The molecule has 0 aromatic heterocycles. The average Bonchev–Trinajstić information content (AvgIpc) is 2.75. The van der Waals surface area contributed by atoms with Crippen LogP contribution in [-0.4, -0.2) is 59.9 Å². The summed E-state index contributed by atoms with van der Waals surface area (Å²) in [6, 6.07) is 14.5. The fourth-order valence-electron chi connectivity index (χ4n) is 3.11. The molecule has 1 unspecified atom stereocenters. The van der Waals surface area contributed by atoms with Gasteiger partial charge in [0.05, 0.1) is 27.4 Å². The largest absolute Gasteiger partial charge is 0.493 e. The van der Waals surface area contributed by atoms with Crippen molar-refractivity contribution in [3.8, 4) is 17.2 Å². The molecule has 0 amide bonds. The second kappa shape index (κ2) is 13.2. The van der Waals surface area contributed by atoms with E-state index in [9.17, 15) is 0 Å². The number of methoxy groups -OCH3 is 3.